The van der Waals surface area contributed by atoms with Crippen molar-refractivity contribution in [3.8, 4) is 5.75 Å². The van der Waals surface area contributed by atoms with E-state index >= 15 is 0 Å². The topological polar surface area (TPSA) is 34.1 Å². The van der Waals surface area contributed by atoms with Crippen LogP contribution in [0.15, 0.2) is 40.9 Å². The van der Waals surface area contributed by atoms with Gasteiger partial charge in [0.15, 0.2) is 0 Å². The second-order valence-electron chi connectivity index (χ2n) is 3.66. The fourth-order valence-corrected chi connectivity index (χ4v) is 1.91. The average molecular weight is 311 g/mol. The predicted octanol–water partition coefficient (Wildman–Crippen LogP) is 3.60. The number of anilines is 1. The van der Waals surface area contributed by atoms with Crippen LogP contribution in [0.1, 0.15) is 5.69 Å². The Morgan fingerprint density at radius 1 is 1.33 bits per heavy atom. The summed E-state index contributed by atoms with van der Waals surface area (Å²) in [6.45, 7) is 0.297. The van der Waals surface area contributed by atoms with Gasteiger partial charge in [0.2, 0.25) is 0 Å². The third-order valence-electron chi connectivity index (χ3n) is 2.29. The molecule has 0 amide bonds. The van der Waals surface area contributed by atoms with Crippen LogP contribution in [-0.2, 0) is 6.61 Å². The fraction of sp³-hybridized carbons (Fsp3) is 0.154. The molecule has 2 aromatic rings. The van der Waals surface area contributed by atoms with E-state index in [0.717, 1.165) is 11.5 Å². The van der Waals surface area contributed by atoms with Crippen molar-refractivity contribution in [1.29, 1.82) is 0 Å². The number of hydrogen-bond donors (Lipinski definition) is 1. The van der Waals surface area contributed by atoms with Gasteiger partial charge in [-0.05, 0) is 24.3 Å². The number of ether oxygens (including phenoxy) is 1. The van der Waals surface area contributed by atoms with Crippen LogP contribution in [0.4, 0.5) is 10.2 Å². The van der Waals surface area contributed by atoms with E-state index in [4.69, 9.17) is 4.74 Å². The average Bonchev–Trinajstić information content (AvgIpc) is 2.35. The summed E-state index contributed by atoms with van der Waals surface area (Å²) in [6, 6.07) is 10.0. The van der Waals surface area contributed by atoms with Crippen LogP contribution in [-0.4, -0.2) is 12.0 Å². The molecular weight excluding hydrogens is 299 g/mol. The number of halogens is 2. The van der Waals surface area contributed by atoms with Gasteiger partial charge in [-0.3, -0.25) is 0 Å². The van der Waals surface area contributed by atoms with Crippen molar-refractivity contribution in [2.24, 2.45) is 0 Å². The van der Waals surface area contributed by atoms with Crippen LogP contribution in [0.2, 0.25) is 0 Å². The number of benzene rings is 1. The van der Waals surface area contributed by atoms with Crippen LogP contribution >= 0.6 is 15.9 Å². The molecule has 1 aromatic heterocycles. The summed E-state index contributed by atoms with van der Waals surface area (Å²) < 4.78 is 19.3. The Labute approximate surface area is 113 Å². The molecule has 0 aliphatic heterocycles. The van der Waals surface area contributed by atoms with Gasteiger partial charge in [0, 0.05) is 17.6 Å². The summed E-state index contributed by atoms with van der Waals surface area (Å²) >= 11 is 3.22. The van der Waals surface area contributed by atoms with Gasteiger partial charge in [-0.1, -0.05) is 22.0 Å². The van der Waals surface area contributed by atoms with Crippen LogP contribution in [0, 0.1) is 5.82 Å². The molecule has 5 heteroatoms. The normalized spacial score (nSPS) is 10.2. The van der Waals surface area contributed by atoms with Gasteiger partial charge in [-0.2, -0.15) is 0 Å². The van der Waals surface area contributed by atoms with Crippen molar-refractivity contribution in [2.45, 2.75) is 6.61 Å². The number of hydrogen-bond acceptors (Lipinski definition) is 3. The molecule has 0 bridgehead atoms. The molecule has 0 saturated heterocycles. The van der Waals surface area contributed by atoms with Crippen molar-refractivity contribution < 1.29 is 9.13 Å². The minimum absolute atomic E-state index is 0.297. The van der Waals surface area contributed by atoms with Gasteiger partial charge in [0.05, 0.1) is 5.69 Å². The maximum absolute atomic E-state index is 13.1. The van der Waals surface area contributed by atoms with Crippen molar-refractivity contribution in [2.75, 3.05) is 12.4 Å². The van der Waals surface area contributed by atoms with E-state index in [1.807, 2.05) is 18.2 Å². The summed E-state index contributed by atoms with van der Waals surface area (Å²) in [5, 5.41) is 2.95. The van der Waals surface area contributed by atoms with Crippen molar-refractivity contribution in [3.63, 3.8) is 0 Å². The Balaban J connectivity index is 2.06. The van der Waals surface area contributed by atoms with Crippen LogP contribution < -0.4 is 10.1 Å². The molecule has 0 fully saturated rings. The highest BCUT2D eigenvalue weighted by Crippen LogP contribution is 2.21. The van der Waals surface area contributed by atoms with E-state index in [0.29, 0.717) is 16.8 Å². The van der Waals surface area contributed by atoms with Crippen LogP contribution in [0.3, 0.4) is 0 Å². The molecule has 1 aromatic carbocycles. The Hall–Kier alpha value is -1.62. The van der Waals surface area contributed by atoms with Gasteiger partial charge in [-0.25, -0.2) is 9.37 Å². The first-order chi connectivity index (χ1) is 8.67. The van der Waals surface area contributed by atoms with E-state index in [9.17, 15) is 4.39 Å². The number of nitrogens with zero attached hydrogens (tertiary/aromatic N) is 1. The molecule has 2 rings (SSSR count). The first-order valence-electron chi connectivity index (χ1n) is 5.40. The van der Waals surface area contributed by atoms with Crippen molar-refractivity contribution >= 4 is 21.7 Å². The first kappa shape index (κ1) is 12.8. The van der Waals surface area contributed by atoms with E-state index in [-0.39, 0.29) is 5.82 Å². The Bertz CT molecular complexity index is 528. The number of rotatable bonds is 4. The third-order valence-corrected chi connectivity index (χ3v) is 2.74. The Morgan fingerprint density at radius 3 is 2.89 bits per heavy atom. The lowest BCUT2D eigenvalue weighted by molar-refractivity contribution is 0.299. The largest absolute Gasteiger partial charge is 0.487 e. The molecule has 94 valence electrons. The lowest BCUT2D eigenvalue weighted by Gasteiger charge is -2.07. The number of pyridine rings is 1. The highest BCUT2D eigenvalue weighted by Gasteiger charge is 2.02. The van der Waals surface area contributed by atoms with Crippen LogP contribution in [0.25, 0.3) is 0 Å². The lowest BCUT2D eigenvalue weighted by Crippen LogP contribution is -2.01. The quantitative estimate of drug-likeness (QED) is 0.937. The minimum Gasteiger partial charge on any atom is -0.487 e. The predicted molar refractivity (Wildman–Crippen MR) is 72.2 cm³/mol. The molecule has 0 atom stereocenters. The molecule has 0 unspecified atom stereocenters. The second kappa shape index (κ2) is 5.82. The first-order valence-corrected chi connectivity index (χ1v) is 6.19. The SMILES string of the molecule is CNc1cccc(COc2cc(F)cc(Br)c2)n1. The van der Waals surface area contributed by atoms with Gasteiger partial charge < -0.3 is 10.1 Å². The van der Waals surface area contributed by atoms with Gasteiger partial charge in [-0.15, -0.1) is 0 Å². The smallest absolute Gasteiger partial charge is 0.130 e. The molecule has 0 spiro atoms. The maximum Gasteiger partial charge on any atom is 0.130 e. The fourth-order valence-electron chi connectivity index (χ4n) is 1.47. The van der Waals surface area contributed by atoms with E-state index in [1.54, 1.807) is 13.1 Å². The summed E-state index contributed by atoms with van der Waals surface area (Å²) in [5.41, 5.74) is 0.780. The summed E-state index contributed by atoms with van der Waals surface area (Å²) in [4.78, 5) is 4.31. The molecule has 0 aliphatic rings. The zero-order valence-corrected chi connectivity index (χ0v) is 11.4. The third kappa shape index (κ3) is 3.43. The number of nitrogens with one attached hydrogen (secondary N) is 1. The van der Waals surface area contributed by atoms with Crippen LogP contribution in [0.5, 0.6) is 5.75 Å². The zero-order valence-electron chi connectivity index (χ0n) is 9.78. The monoisotopic (exact) mass is 310 g/mol. The molecule has 1 N–H and O–H groups in total. The van der Waals surface area contributed by atoms with E-state index < -0.39 is 0 Å². The van der Waals surface area contributed by atoms with Gasteiger partial charge >= 0.3 is 0 Å². The molecule has 0 aliphatic carbocycles. The second-order valence-corrected chi connectivity index (χ2v) is 4.57. The summed E-state index contributed by atoms with van der Waals surface area (Å²) in [6.07, 6.45) is 0. The van der Waals surface area contributed by atoms with Gasteiger partial charge in [0.25, 0.3) is 0 Å². The van der Waals surface area contributed by atoms with Crippen molar-refractivity contribution in [3.05, 3.63) is 52.4 Å². The number of aromatic nitrogens is 1. The standard InChI is InChI=1S/C13H12BrFN2O/c1-16-13-4-2-3-11(17-13)8-18-12-6-9(14)5-10(15)7-12/h2-7H,8H2,1H3,(H,16,17). The Kier molecular flexibility index (Phi) is 4.15. The van der Waals surface area contributed by atoms with Crippen molar-refractivity contribution in [1.82, 2.24) is 4.98 Å². The zero-order chi connectivity index (χ0) is 13.0. The minimum atomic E-state index is -0.337. The molecule has 0 radical (unpaired) electrons. The van der Waals surface area contributed by atoms with Gasteiger partial charge in [0.1, 0.15) is 24.0 Å². The van der Waals surface area contributed by atoms with E-state index in [2.05, 4.69) is 26.2 Å². The molecule has 0 saturated carbocycles. The molecule has 1 heterocycles. The maximum atomic E-state index is 13.1. The Morgan fingerprint density at radius 2 is 2.17 bits per heavy atom. The summed E-state index contributed by atoms with van der Waals surface area (Å²) in [5.74, 6) is 0.909. The molecule has 18 heavy (non-hydrogen) atoms. The lowest BCUT2D eigenvalue weighted by atomic mass is 10.3. The highest BCUT2D eigenvalue weighted by molar-refractivity contribution is 9.10. The molecular formula is C13H12BrFN2O. The summed E-state index contributed by atoms with van der Waals surface area (Å²) in [7, 11) is 1.80. The van der Waals surface area contributed by atoms with E-state index in [1.165, 1.54) is 12.1 Å². The highest BCUT2D eigenvalue weighted by atomic mass is 79.9. The molecule has 3 nitrogen and oxygen atoms in total.